The van der Waals surface area contributed by atoms with Crippen molar-refractivity contribution in [1.82, 2.24) is 4.57 Å². The van der Waals surface area contributed by atoms with Crippen molar-refractivity contribution in [3.05, 3.63) is 88.2 Å². The number of aromatic nitrogens is 1. The minimum absolute atomic E-state index is 0.0808. The summed E-state index contributed by atoms with van der Waals surface area (Å²) in [5.41, 5.74) is 7.05. The number of para-hydroxylation sites is 2. The summed E-state index contributed by atoms with van der Waals surface area (Å²) in [6.45, 7) is 8.11. The van der Waals surface area contributed by atoms with E-state index in [1.165, 1.54) is 5.56 Å². The summed E-state index contributed by atoms with van der Waals surface area (Å²) in [4.78, 5) is 12.7. The molecule has 1 heterocycles. The van der Waals surface area contributed by atoms with Crippen molar-refractivity contribution in [1.29, 1.82) is 5.26 Å². The van der Waals surface area contributed by atoms with Crippen LogP contribution in [0.25, 0.3) is 11.8 Å². The molecule has 0 saturated carbocycles. The number of rotatable bonds is 5. The molecule has 1 aromatic heterocycles. The Hall–Kier alpha value is -3.58. The summed E-state index contributed by atoms with van der Waals surface area (Å²) in [6.07, 6.45) is 2.60. The molecule has 0 aliphatic carbocycles. The summed E-state index contributed by atoms with van der Waals surface area (Å²) >= 11 is 0. The third kappa shape index (κ3) is 4.14. The van der Waals surface area contributed by atoms with Crippen LogP contribution in [-0.4, -0.2) is 10.5 Å². The molecule has 3 rings (SSSR count). The molecule has 0 fully saturated rings. The summed E-state index contributed by atoms with van der Waals surface area (Å²) in [6, 6.07) is 19.9. The molecule has 0 radical (unpaired) electrons. The standard InChI is InChI=1S/C25H25N3O/c1-5-20-11-7-9-13-24(20)28-18(3)14-21(19(28)4)15-22(16-26)25(29)27-23-12-8-6-10-17(23)2/h6-15H,5H2,1-4H3,(H,27,29)/b22-15-. The van der Waals surface area contributed by atoms with Gasteiger partial charge in [0.2, 0.25) is 0 Å². The molecule has 1 N–H and O–H groups in total. The molecule has 0 unspecified atom stereocenters. The number of aryl methyl sites for hydroxylation is 3. The van der Waals surface area contributed by atoms with Crippen LogP contribution >= 0.6 is 0 Å². The predicted molar refractivity (Wildman–Crippen MR) is 118 cm³/mol. The lowest BCUT2D eigenvalue weighted by Gasteiger charge is -2.14. The zero-order valence-electron chi connectivity index (χ0n) is 17.3. The van der Waals surface area contributed by atoms with Crippen molar-refractivity contribution in [3.8, 4) is 11.8 Å². The van der Waals surface area contributed by atoms with Crippen molar-refractivity contribution >= 4 is 17.7 Å². The van der Waals surface area contributed by atoms with Crippen molar-refractivity contribution < 1.29 is 4.79 Å². The van der Waals surface area contributed by atoms with Crippen LogP contribution in [0.15, 0.2) is 60.2 Å². The molecule has 4 heteroatoms. The molecule has 3 aromatic rings. The van der Waals surface area contributed by atoms with E-state index in [9.17, 15) is 10.1 Å². The molecule has 2 aromatic carbocycles. The van der Waals surface area contributed by atoms with Crippen LogP contribution in [0.1, 0.15) is 35.0 Å². The summed E-state index contributed by atoms with van der Waals surface area (Å²) in [5.74, 6) is -0.402. The molecular formula is C25H25N3O. The number of amides is 1. The Labute approximate surface area is 172 Å². The fraction of sp³-hybridized carbons (Fsp3) is 0.200. The van der Waals surface area contributed by atoms with Gasteiger partial charge in [-0.05, 0) is 68.2 Å². The number of nitrogens with one attached hydrogen (secondary N) is 1. The van der Waals surface area contributed by atoms with E-state index in [0.29, 0.717) is 5.69 Å². The lowest BCUT2D eigenvalue weighted by Crippen LogP contribution is -2.14. The average molecular weight is 383 g/mol. The Balaban J connectivity index is 1.98. The number of benzene rings is 2. The van der Waals surface area contributed by atoms with Gasteiger partial charge in [0.25, 0.3) is 5.91 Å². The third-order valence-corrected chi connectivity index (χ3v) is 5.14. The normalized spacial score (nSPS) is 11.2. The summed E-state index contributed by atoms with van der Waals surface area (Å²) < 4.78 is 2.18. The highest BCUT2D eigenvalue weighted by atomic mass is 16.1. The van der Waals surface area contributed by atoms with Crippen LogP contribution in [0, 0.1) is 32.1 Å². The maximum Gasteiger partial charge on any atom is 0.266 e. The summed E-state index contributed by atoms with van der Waals surface area (Å²) in [7, 11) is 0. The first kappa shape index (κ1) is 20.2. The SMILES string of the molecule is CCc1ccccc1-n1c(C)cc(/C=C(/C#N)C(=O)Nc2ccccc2C)c1C. The molecule has 0 saturated heterocycles. The quantitative estimate of drug-likeness (QED) is 0.466. The van der Waals surface area contributed by atoms with Gasteiger partial charge < -0.3 is 9.88 Å². The Kier molecular flexibility index (Phi) is 5.99. The van der Waals surface area contributed by atoms with Crippen LogP contribution in [0.3, 0.4) is 0 Å². The first-order chi connectivity index (χ1) is 14.0. The van der Waals surface area contributed by atoms with Crippen molar-refractivity contribution in [2.75, 3.05) is 5.32 Å². The highest BCUT2D eigenvalue weighted by Gasteiger charge is 2.15. The minimum atomic E-state index is -0.402. The largest absolute Gasteiger partial charge is 0.321 e. The van der Waals surface area contributed by atoms with Gasteiger partial charge in [-0.2, -0.15) is 5.26 Å². The number of carbonyl (C=O) groups excluding carboxylic acids is 1. The Morgan fingerprint density at radius 3 is 2.48 bits per heavy atom. The van der Waals surface area contributed by atoms with E-state index in [0.717, 1.165) is 34.6 Å². The topological polar surface area (TPSA) is 57.8 Å². The number of nitrogens with zero attached hydrogens (tertiary/aromatic N) is 2. The van der Waals surface area contributed by atoms with E-state index in [4.69, 9.17) is 0 Å². The second-order valence-electron chi connectivity index (χ2n) is 7.08. The van der Waals surface area contributed by atoms with Crippen LogP contribution in [-0.2, 0) is 11.2 Å². The van der Waals surface area contributed by atoms with Gasteiger partial charge in [0.05, 0.1) is 0 Å². The molecule has 0 spiro atoms. The second kappa shape index (κ2) is 8.62. The number of nitriles is 1. The van der Waals surface area contributed by atoms with Gasteiger partial charge in [-0.25, -0.2) is 0 Å². The van der Waals surface area contributed by atoms with E-state index in [1.807, 2.05) is 69.3 Å². The van der Waals surface area contributed by atoms with E-state index in [2.05, 4.69) is 28.9 Å². The smallest absolute Gasteiger partial charge is 0.266 e. The molecule has 0 bridgehead atoms. The molecule has 29 heavy (non-hydrogen) atoms. The molecule has 4 nitrogen and oxygen atoms in total. The molecule has 146 valence electrons. The van der Waals surface area contributed by atoms with Crippen molar-refractivity contribution in [2.24, 2.45) is 0 Å². The number of anilines is 1. The Morgan fingerprint density at radius 2 is 1.79 bits per heavy atom. The molecule has 1 amide bonds. The Bertz CT molecular complexity index is 1130. The average Bonchev–Trinajstić information content (AvgIpc) is 3.00. The first-order valence-corrected chi connectivity index (χ1v) is 9.72. The third-order valence-electron chi connectivity index (χ3n) is 5.14. The van der Waals surface area contributed by atoms with Gasteiger partial charge in [-0.1, -0.05) is 43.3 Å². The number of hydrogen-bond donors (Lipinski definition) is 1. The predicted octanol–water partition coefficient (Wildman–Crippen LogP) is 5.51. The van der Waals surface area contributed by atoms with Crippen LogP contribution in [0.5, 0.6) is 0 Å². The summed E-state index contributed by atoms with van der Waals surface area (Å²) in [5, 5.41) is 12.4. The second-order valence-corrected chi connectivity index (χ2v) is 7.08. The zero-order valence-corrected chi connectivity index (χ0v) is 17.3. The monoisotopic (exact) mass is 383 g/mol. The molecule has 0 aliphatic rings. The molecular weight excluding hydrogens is 358 g/mol. The molecule has 0 atom stereocenters. The first-order valence-electron chi connectivity index (χ1n) is 9.72. The zero-order chi connectivity index (χ0) is 21.0. The maximum atomic E-state index is 12.7. The lowest BCUT2D eigenvalue weighted by atomic mass is 10.1. The lowest BCUT2D eigenvalue weighted by molar-refractivity contribution is -0.112. The van der Waals surface area contributed by atoms with Gasteiger partial charge in [-0.3, -0.25) is 4.79 Å². The van der Waals surface area contributed by atoms with E-state index < -0.39 is 5.91 Å². The van der Waals surface area contributed by atoms with E-state index in [-0.39, 0.29) is 5.57 Å². The molecule has 0 aliphatic heterocycles. The fourth-order valence-corrected chi connectivity index (χ4v) is 3.54. The highest BCUT2D eigenvalue weighted by molar-refractivity contribution is 6.10. The van der Waals surface area contributed by atoms with Crippen LogP contribution in [0.4, 0.5) is 5.69 Å². The van der Waals surface area contributed by atoms with Gasteiger partial charge in [0.1, 0.15) is 11.6 Å². The van der Waals surface area contributed by atoms with Gasteiger partial charge in [-0.15, -0.1) is 0 Å². The van der Waals surface area contributed by atoms with Gasteiger partial charge in [0, 0.05) is 22.8 Å². The minimum Gasteiger partial charge on any atom is -0.321 e. The Morgan fingerprint density at radius 1 is 1.10 bits per heavy atom. The fourth-order valence-electron chi connectivity index (χ4n) is 3.54. The highest BCUT2D eigenvalue weighted by Crippen LogP contribution is 2.25. The van der Waals surface area contributed by atoms with Gasteiger partial charge in [0.15, 0.2) is 0 Å². The van der Waals surface area contributed by atoms with E-state index in [1.54, 1.807) is 6.08 Å². The van der Waals surface area contributed by atoms with Gasteiger partial charge >= 0.3 is 0 Å². The van der Waals surface area contributed by atoms with Crippen LogP contribution in [0.2, 0.25) is 0 Å². The number of carbonyl (C=O) groups is 1. The van der Waals surface area contributed by atoms with Crippen molar-refractivity contribution in [2.45, 2.75) is 34.1 Å². The van der Waals surface area contributed by atoms with Crippen LogP contribution < -0.4 is 5.32 Å². The maximum absolute atomic E-state index is 12.7. The number of hydrogen-bond acceptors (Lipinski definition) is 2. The van der Waals surface area contributed by atoms with E-state index >= 15 is 0 Å². The van der Waals surface area contributed by atoms with Crippen molar-refractivity contribution in [3.63, 3.8) is 0 Å².